The summed E-state index contributed by atoms with van der Waals surface area (Å²) in [4.78, 5) is 0. The molecule has 0 aliphatic heterocycles. The molecule has 0 bridgehead atoms. The Hall–Kier alpha value is -2.21. The van der Waals surface area contributed by atoms with Crippen LogP contribution in [0.2, 0.25) is 0 Å². The second-order valence-corrected chi connectivity index (χ2v) is 3.58. The fourth-order valence-corrected chi connectivity index (χ4v) is 1.54. The first-order chi connectivity index (χ1) is 7.81. The molecule has 3 nitrogen and oxygen atoms in total. The summed E-state index contributed by atoms with van der Waals surface area (Å²) in [5.74, 6) is 0. The zero-order valence-electron chi connectivity index (χ0n) is 8.97. The van der Waals surface area contributed by atoms with Gasteiger partial charge in [-0.25, -0.2) is 0 Å². The van der Waals surface area contributed by atoms with Gasteiger partial charge in [-0.15, -0.1) is 0 Å². The average Bonchev–Trinajstić information content (AvgIpc) is 2.83. The van der Waals surface area contributed by atoms with E-state index in [1.54, 1.807) is 18.6 Å². The van der Waals surface area contributed by atoms with Crippen LogP contribution in [0, 0.1) is 11.3 Å². The molecular weight excluding hydrogens is 200 g/mol. The minimum Gasteiger partial charge on any atom is -0.472 e. The van der Waals surface area contributed by atoms with Gasteiger partial charge < -0.3 is 9.73 Å². The van der Waals surface area contributed by atoms with Crippen molar-refractivity contribution >= 4 is 5.69 Å². The maximum atomic E-state index is 8.95. The molecule has 1 heterocycles. The monoisotopic (exact) mass is 212 g/mol. The second kappa shape index (κ2) is 4.54. The van der Waals surface area contributed by atoms with Crippen molar-refractivity contribution in [2.24, 2.45) is 0 Å². The lowest BCUT2D eigenvalue weighted by Gasteiger charge is -2.14. The van der Waals surface area contributed by atoms with Crippen LogP contribution in [0.4, 0.5) is 5.69 Å². The zero-order chi connectivity index (χ0) is 11.4. The molecule has 0 aliphatic carbocycles. The number of furan rings is 1. The topological polar surface area (TPSA) is 49.0 Å². The highest BCUT2D eigenvalue weighted by Crippen LogP contribution is 2.21. The molecule has 80 valence electrons. The van der Waals surface area contributed by atoms with Gasteiger partial charge in [0.05, 0.1) is 29.8 Å². The number of nitrogens with one attached hydrogen (secondary N) is 1. The molecule has 0 saturated heterocycles. The standard InChI is InChI=1S/C13H12N2O/c1-10(12-6-7-16-9-12)15-13-5-3-2-4-11(13)8-14/h2-7,9-10,15H,1H3. The first-order valence-corrected chi connectivity index (χ1v) is 5.09. The number of hydrogen-bond donors (Lipinski definition) is 1. The van der Waals surface area contributed by atoms with Crippen molar-refractivity contribution in [1.29, 1.82) is 5.26 Å². The Balaban J connectivity index is 2.19. The van der Waals surface area contributed by atoms with Crippen molar-refractivity contribution in [2.75, 3.05) is 5.32 Å². The van der Waals surface area contributed by atoms with Crippen LogP contribution in [0.5, 0.6) is 0 Å². The zero-order valence-corrected chi connectivity index (χ0v) is 8.97. The molecule has 16 heavy (non-hydrogen) atoms. The molecule has 2 rings (SSSR count). The van der Waals surface area contributed by atoms with Crippen LogP contribution in [0.15, 0.2) is 47.3 Å². The Kier molecular flexibility index (Phi) is 2.93. The lowest BCUT2D eigenvalue weighted by atomic mass is 10.1. The highest BCUT2D eigenvalue weighted by Gasteiger charge is 2.08. The van der Waals surface area contributed by atoms with Gasteiger partial charge >= 0.3 is 0 Å². The van der Waals surface area contributed by atoms with Gasteiger partial charge in [0.1, 0.15) is 6.07 Å². The molecular formula is C13H12N2O. The van der Waals surface area contributed by atoms with E-state index >= 15 is 0 Å². The molecule has 1 atom stereocenters. The number of benzene rings is 1. The third-order valence-corrected chi connectivity index (χ3v) is 2.46. The van der Waals surface area contributed by atoms with E-state index in [-0.39, 0.29) is 6.04 Å². The van der Waals surface area contributed by atoms with Crippen molar-refractivity contribution in [1.82, 2.24) is 0 Å². The summed E-state index contributed by atoms with van der Waals surface area (Å²) >= 11 is 0. The summed E-state index contributed by atoms with van der Waals surface area (Å²) in [7, 11) is 0. The summed E-state index contributed by atoms with van der Waals surface area (Å²) < 4.78 is 5.02. The van der Waals surface area contributed by atoms with Gasteiger partial charge in [-0.05, 0) is 25.1 Å². The van der Waals surface area contributed by atoms with Gasteiger partial charge in [0.25, 0.3) is 0 Å². The van der Waals surface area contributed by atoms with Gasteiger partial charge in [0.15, 0.2) is 0 Å². The summed E-state index contributed by atoms with van der Waals surface area (Å²) in [5.41, 5.74) is 2.56. The SMILES string of the molecule is CC(Nc1ccccc1C#N)c1ccoc1. The summed E-state index contributed by atoms with van der Waals surface area (Å²) in [5, 5.41) is 12.2. The third kappa shape index (κ3) is 2.06. The van der Waals surface area contributed by atoms with E-state index in [0.29, 0.717) is 5.56 Å². The predicted octanol–water partition coefficient (Wildman–Crippen LogP) is 3.32. The molecule has 1 N–H and O–H groups in total. The minimum absolute atomic E-state index is 0.119. The lowest BCUT2D eigenvalue weighted by molar-refractivity contribution is 0.562. The summed E-state index contributed by atoms with van der Waals surface area (Å²) in [6.07, 6.45) is 3.34. The van der Waals surface area contributed by atoms with Crippen LogP contribution >= 0.6 is 0 Å². The van der Waals surface area contributed by atoms with E-state index in [0.717, 1.165) is 11.3 Å². The Morgan fingerprint density at radius 2 is 2.12 bits per heavy atom. The van der Waals surface area contributed by atoms with Gasteiger partial charge in [0, 0.05) is 5.56 Å². The number of nitrogens with zero attached hydrogens (tertiary/aromatic N) is 1. The summed E-state index contributed by atoms with van der Waals surface area (Å²) in [6, 6.07) is 11.6. The number of nitriles is 1. The van der Waals surface area contributed by atoms with Crippen molar-refractivity contribution < 1.29 is 4.42 Å². The van der Waals surface area contributed by atoms with E-state index < -0.39 is 0 Å². The van der Waals surface area contributed by atoms with Gasteiger partial charge in [-0.1, -0.05) is 12.1 Å². The highest BCUT2D eigenvalue weighted by atomic mass is 16.3. The minimum atomic E-state index is 0.119. The molecule has 0 aliphatic rings. The first kappa shape index (κ1) is 10.3. The van der Waals surface area contributed by atoms with E-state index in [1.807, 2.05) is 31.2 Å². The Morgan fingerprint density at radius 3 is 2.81 bits per heavy atom. The number of hydrogen-bond acceptors (Lipinski definition) is 3. The largest absolute Gasteiger partial charge is 0.472 e. The Bertz CT molecular complexity index is 497. The second-order valence-electron chi connectivity index (χ2n) is 3.58. The van der Waals surface area contributed by atoms with E-state index in [9.17, 15) is 0 Å². The van der Waals surface area contributed by atoms with Crippen molar-refractivity contribution in [2.45, 2.75) is 13.0 Å². The van der Waals surface area contributed by atoms with Gasteiger partial charge in [0.2, 0.25) is 0 Å². The third-order valence-electron chi connectivity index (χ3n) is 2.46. The van der Waals surface area contributed by atoms with Crippen LogP contribution in [0.25, 0.3) is 0 Å². The van der Waals surface area contributed by atoms with Gasteiger partial charge in [-0.3, -0.25) is 0 Å². The maximum Gasteiger partial charge on any atom is 0.101 e. The number of rotatable bonds is 3. The quantitative estimate of drug-likeness (QED) is 0.848. The van der Waals surface area contributed by atoms with Crippen LogP contribution in [-0.2, 0) is 0 Å². The van der Waals surface area contributed by atoms with E-state index in [1.165, 1.54) is 0 Å². The molecule has 0 amide bonds. The molecule has 1 unspecified atom stereocenters. The maximum absolute atomic E-state index is 8.95. The van der Waals surface area contributed by atoms with Crippen LogP contribution in [0.3, 0.4) is 0 Å². The van der Waals surface area contributed by atoms with E-state index in [2.05, 4.69) is 11.4 Å². The number of anilines is 1. The molecule has 1 aromatic heterocycles. The average molecular weight is 212 g/mol. The molecule has 3 heteroatoms. The smallest absolute Gasteiger partial charge is 0.101 e. The summed E-state index contributed by atoms with van der Waals surface area (Å²) in [6.45, 7) is 2.03. The lowest BCUT2D eigenvalue weighted by Crippen LogP contribution is -2.06. The molecule has 0 radical (unpaired) electrons. The first-order valence-electron chi connectivity index (χ1n) is 5.09. The Labute approximate surface area is 94.3 Å². The number of para-hydroxylation sites is 1. The molecule has 0 fully saturated rings. The molecule has 2 aromatic rings. The van der Waals surface area contributed by atoms with Gasteiger partial charge in [-0.2, -0.15) is 5.26 Å². The van der Waals surface area contributed by atoms with Crippen molar-refractivity contribution in [3.8, 4) is 6.07 Å². The highest BCUT2D eigenvalue weighted by molar-refractivity contribution is 5.58. The fraction of sp³-hybridized carbons (Fsp3) is 0.154. The van der Waals surface area contributed by atoms with Crippen LogP contribution in [0.1, 0.15) is 24.1 Å². The molecule has 0 saturated carbocycles. The van der Waals surface area contributed by atoms with E-state index in [4.69, 9.17) is 9.68 Å². The van der Waals surface area contributed by atoms with Crippen LogP contribution in [-0.4, -0.2) is 0 Å². The predicted molar refractivity (Wildman–Crippen MR) is 61.9 cm³/mol. The van der Waals surface area contributed by atoms with Crippen molar-refractivity contribution in [3.05, 3.63) is 54.0 Å². The normalized spacial score (nSPS) is 11.8. The van der Waals surface area contributed by atoms with Crippen molar-refractivity contribution in [3.63, 3.8) is 0 Å². The fourth-order valence-electron chi connectivity index (χ4n) is 1.54. The molecule has 1 aromatic carbocycles. The Morgan fingerprint density at radius 1 is 1.31 bits per heavy atom. The van der Waals surface area contributed by atoms with Crippen LogP contribution < -0.4 is 5.32 Å². The molecule has 0 spiro atoms.